The molecule has 0 aliphatic heterocycles. The predicted molar refractivity (Wildman–Crippen MR) is 73.1 cm³/mol. The van der Waals surface area contributed by atoms with E-state index < -0.39 is 0 Å². The maximum atomic E-state index is 5.64. The summed E-state index contributed by atoms with van der Waals surface area (Å²) in [4.78, 5) is 0. The van der Waals surface area contributed by atoms with Crippen LogP contribution < -0.4 is 5.32 Å². The Labute approximate surface area is 105 Å². The summed E-state index contributed by atoms with van der Waals surface area (Å²) in [6.45, 7) is 7.00. The summed E-state index contributed by atoms with van der Waals surface area (Å²) in [6.07, 6.45) is 4.06. The largest absolute Gasteiger partial charge is 0.375 e. The topological polar surface area (TPSA) is 21.3 Å². The first-order valence-corrected chi connectivity index (χ1v) is 6.25. The smallest absolute Gasteiger partial charge is 0.0977 e. The fraction of sp³-hybridized carbons (Fsp3) is 0.467. The molecule has 0 fully saturated rings. The monoisotopic (exact) mass is 233 g/mol. The Kier molecular flexibility index (Phi) is 6.60. The van der Waals surface area contributed by atoms with Crippen molar-refractivity contribution in [2.45, 2.75) is 31.9 Å². The Hall–Kier alpha value is -1.12. The molecule has 17 heavy (non-hydrogen) atoms. The Balaban J connectivity index is 2.77. The van der Waals surface area contributed by atoms with Gasteiger partial charge in [-0.1, -0.05) is 43.3 Å². The number of methoxy groups -OCH3 is 1. The highest BCUT2D eigenvalue weighted by molar-refractivity contribution is 5.19. The first-order chi connectivity index (χ1) is 8.33. The molecule has 94 valence electrons. The van der Waals surface area contributed by atoms with Gasteiger partial charge in [-0.25, -0.2) is 0 Å². The van der Waals surface area contributed by atoms with Crippen LogP contribution in [0.2, 0.25) is 0 Å². The van der Waals surface area contributed by atoms with Crippen molar-refractivity contribution in [2.24, 2.45) is 0 Å². The molecule has 2 heteroatoms. The van der Waals surface area contributed by atoms with E-state index in [0.717, 1.165) is 19.4 Å². The second-order valence-electron chi connectivity index (χ2n) is 4.15. The molecule has 2 atom stereocenters. The predicted octanol–water partition coefficient (Wildman–Crippen LogP) is 3.32. The molecule has 1 N–H and O–H groups in total. The lowest BCUT2D eigenvalue weighted by Crippen LogP contribution is -2.36. The van der Waals surface area contributed by atoms with Gasteiger partial charge >= 0.3 is 0 Å². The van der Waals surface area contributed by atoms with Crippen LogP contribution in [-0.4, -0.2) is 19.7 Å². The molecule has 1 aromatic carbocycles. The van der Waals surface area contributed by atoms with Gasteiger partial charge in [0.2, 0.25) is 0 Å². The van der Waals surface area contributed by atoms with Gasteiger partial charge in [-0.15, -0.1) is 6.58 Å². The molecule has 0 radical (unpaired) electrons. The summed E-state index contributed by atoms with van der Waals surface area (Å²) in [5.41, 5.74) is 1.21. The van der Waals surface area contributed by atoms with Crippen LogP contribution in [0.5, 0.6) is 0 Å². The summed E-state index contributed by atoms with van der Waals surface area (Å²) >= 11 is 0. The Morgan fingerprint density at radius 2 is 2.06 bits per heavy atom. The van der Waals surface area contributed by atoms with Gasteiger partial charge < -0.3 is 10.1 Å². The molecule has 0 amide bonds. The maximum Gasteiger partial charge on any atom is 0.0977 e. The molecule has 0 saturated heterocycles. The maximum absolute atomic E-state index is 5.64. The molecule has 0 spiro atoms. The van der Waals surface area contributed by atoms with Gasteiger partial charge in [0.15, 0.2) is 0 Å². The van der Waals surface area contributed by atoms with Crippen LogP contribution in [0.1, 0.15) is 31.4 Å². The second-order valence-corrected chi connectivity index (χ2v) is 4.15. The third-order valence-corrected chi connectivity index (χ3v) is 2.82. The molecule has 0 aliphatic carbocycles. The van der Waals surface area contributed by atoms with Crippen molar-refractivity contribution in [1.29, 1.82) is 0 Å². The van der Waals surface area contributed by atoms with E-state index in [9.17, 15) is 0 Å². The quantitative estimate of drug-likeness (QED) is 0.695. The number of nitrogens with one attached hydrogen (secondary N) is 1. The van der Waals surface area contributed by atoms with E-state index in [1.807, 2.05) is 24.3 Å². The third-order valence-electron chi connectivity index (χ3n) is 2.82. The van der Waals surface area contributed by atoms with Crippen LogP contribution in [0.4, 0.5) is 0 Å². The van der Waals surface area contributed by atoms with Crippen molar-refractivity contribution < 1.29 is 4.74 Å². The van der Waals surface area contributed by atoms with Gasteiger partial charge in [0.1, 0.15) is 0 Å². The van der Waals surface area contributed by atoms with Crippen LogP contribution in [-0.2, 0) is 4.74 Å². The average molecular weight is 233 g/mol. The van der Waals surface area contributed by atoms with Crippen molar-refractivity contribution in [1.82, 2.24) is 5.32 Å². The van der Waals surface area contributed by atoms with E-state index in [1.165, 1.54) is 5.56 Å². The van der Waals surface area contributed by atoms with Gasteiger partial charge in [0, 0.05) is 13.2 Å². The lowest BCUT2D eigenvalue weighted by atomic mass is 9.99. The molecular weight excluding hydrogens is 210 g/mol. The zero-order valence-electron chi connectivity index (χ0n) is 10.9. The molecule has 2 nitrogen and oxygen atoms in total. The van der Waals surface area contributed by atoms with Crippen LogP contribution in [0.3, 0.4) is 0 Å². The highest BCUT2D eigenvalue weighted by Gasteiger charge is 2.20. The van der Waals surface area contributed by atoms with E-state index in [2.05, 4.69) is 31.0 Å². The molecule has 0 aromatic heterocycles. The molecule has 0 saturated carbocycles. The Morgan fingerprint density at radius 3 is 2.59 bits per heavy atom. The first-order valence-electron chi connectivity index (χ1n) is 6.25. The fourth-order valence-electron chi connectivity index (χ4n) is 2.00. The van der Waals surface area contributed by atoms with Crippen molar-refractivity contribution in [3.63, 3.8) is 0 Å². The van der Waals surface area contributed by atoms with Gasteiger partial charge in [-0.05, 0) is 24.9 Å². The molecule has 1 rings (SSSR count). The highest BCUT2D eigenvalue weighted by atomic mass is 16.5. The van der Waals surface area contributed by atoms with Gasteiger partial charge in [0.25, 0.3) is 0 Å². The van der Waals surface area contributed by atoms with Crippen LogP contribution in [0.15, 0.2) is 43.0 Å². The Morgan fingerprint density at radius 1 is 1.35 bits per heavy atom. The van der Waals surface area contributed by atoms with Crippen molar-refractivity contribution in [3.8, 4) is 0 Å². The van der Waals surface area contributed by atoms with Crippen molar-refractivity contribution >= 4 is 0 Å². The summed E-state index contributed by atoms with van der Waals surface area (Å²) < 4.78 is 5.64. The van der Waals surface area contributed by atoms with E-state index in [4.69, 9.17) is 4.74 Å². The first kappa shape index (κ1) is 13.9. The minimum absolute atomic E-state index is 0.0840. The SMILES string of the molecule is C=CCC(NCCC)C(OC)c1ccccc1. The van der Waals surface area contributed by atoms with Crippen LogP contribution in [0, 0.1) is 0 Å². The zero-order chi connectivity index (χ0) is 12.5. The normalized spacial score (nSPS) is 14.2. The number of hydrogen-bond donors (Lipinski definition) is 1. The van der Waals surface area contributed by atoms with E-state index >= 15 is 0 Å². The molecule has 0 aliphatic rings. The lowest BCUT2D eigenvalue weighted by Gasteiger charge is -2.26. The third kappa shape index (κ3) is 4.33. The lowest BCUT2D eigenvalue weighted by molar-refractivity contribution is 0.0687. The fourth-order valence-corrected chi connectivity index (χ4v) is 2.00. The average Bonchev–Trinajstić information content (AvgIpc) is 2.38. The number of benzene rings is 1. The molecule has 0 bridgehead atoms. The molecule has 0 heterocycles. The van der Waals surface area contributed by atoms with Gasteiger partial charge in [0.05, 0.1) is 6.10 Å². The van der Waals surface area contributed by atoms with E-state index in [0.29, 0.717) is 6.04 Å². The minimum Gasteiger partial charge on any atom is -0.375 e. The van der Waals surface area contributed by atoms with E-state index in [1.54, 1.807) is 7.11 Å². The van der Waals surface area contributed by atoms with Crippen molar-refractivity contribution in [2.75, 3.05) is 13.7 Å². The highest BCUT2D eigenvalue weighted by Crippen LogP contribution is 2.22. The van der Waals surface area contributed by atoms with Crippen molar-refractivity contribution in [3.05, 3.63) is 48.6 Å². The van der Waals surface area contributed by atoms with Gasteiger partial charge in [-0.2, -0.15) is 0 Å². The number of rotatable bonds is 8. The zero-order valence-corrected chi connectivity index (χ0v) is 10.9. The number of ether oxygens (including phenoxy) is 1. The standard InChI is InChI=1S/C15H23NO/c1-4-9-14(16-12-5-2)15(17-3)13-10-7-6-8-11-13/h4,6-8,10-11,14-16H,1,5,9,12H2,2-3H3. The summed E-state index contributed by atoms with van der Waals surface area (Å²) in [5, 5.41) is 3.52. The summed E-state index contributed by atoms with van der Waals surface area (Å²) in [5.74, 6) is 0. The minimum atomic E-state index is 0.0840. The summed E-state index contributed by atoms with van der Waals surface area (Å²) in [6, 6.07) is 10.6. The van der Waals surface area contributed by atoms with Gasteiger partial charge in [-0.3, -0.25) is 0 Å². The summed E-state index contributed by atoms with van der Waals surface area (Å²) in [7, 11) is 1.77. The molecule has 2 unspecified atom stereocenters. The van der Waals surface area contributed by atoms with Crippen LogP contribution >= 0.6 is 0 Å². The number of hydrogen-bond acceptors (Lipinski definition) is 2. The molecular formula is C15H23NO. The van der Waals surface area contributed by atoms with E-state index in [-0.39, 0.29) is 6.10 Å². The molecule has 1 aromatic rings. The Bertz CT molecular complexity index is 310. The van der Waals surface area contributed by atoms with Crippen LogP contribution in [0.25, 0.3) is 0 Å². The second kappa shape index (κ2) is 8.04.